The molecule has 0 bridgehead atoms. The fraction of sp³-hybridized carbons (Fsp3) is 0.0556. The second kappa shape index (κ2) is 6.93. The van der Waals surface area contributed by atoms with E-state index in [0.29, 0.717) is 11.8 Å². The summed E-state index contributed by atoms with van der Waals surface area (Å²) in [4.78, 5) is 16.1. The highest BCUT2D eigenvalue weighted by Crippen LogP contribution is 2.21. The van der Waals surface area contributed by atoms with Gasteiger partial charge >= 0.3 is 0 Å². The average molecular weight is 339 g/mol. The summed E-state index contributed by atoms with van der Waals surface area (Å²) in [7, 11) is 0. The van der Waals surface area contributed by atoms with Crippen molar-refractivity contribution in [3.05, 3.63) is 77.8 Å². The lowest BCUT2D eigenvalue weighted by Gasteiger charge is -2.13. The Labute approximate surface area is 141 Å². The molecule has 7 heteroatoms. The van der Waals surface area contributed by atoms with Gasteiger partial charge in [-0.1, -0.05) is 18.2 Å². The van der Waals surface area contributed by atoms with Gasteiger partial charge in [-0.3, -0.25) is 4.79 Å². The number of benzene rings is 2. The predicted molar refractivity (Wildman–Crippen MR) is 84.1 cm³/mol. The summed E-state index contributed by atoms with van der Waals surface area (Å²) in [5.74, 6) is -1.66. The average Bonchev–Trinajstić information content (AvgIpc) is 3.15. The van der Waals surface area contributed by atoms with Crippen molar-refractivity contribution in [2.45, 2.75) is 6.04 Å². The van der Waals surface area contributed by atoms with Crippen molar-refractivity contribution in [2.75, 3.05) is 0 Å². The van der Waals surface area contributed by atoms with E-state index in [0.717, 1.165) is 17.7 Å². The van der Waals surface area contributed by atoms with Crippen molar-refractivity contribution in [2.24, 2.45) is 0 Å². The van der Waals surface area contributed by atoms with E-state index in [-0.39, 0.29) is 11.1 Å². The molecule has 2 aromatic carbocycles. The number of hydrogen-bond acceptors (Lipinski definition) is 4. The molecule has 0 saturated heterocycles. The van der Waals surface area contributed by atoms with E-state index in [1.807, 2.05) is 0 Å². The molecule has 0 spiro atoms. The van der Waals surface area contributed by atoms with Crippen LogP contribution in [0.1, 0.15) is 22.0 Å². The van der Waals surface area contributed by atoms with E-state index < -0.39 is 23.6 Å². The summed E-state index contributed by atoms with van der Waals surface area (Å²) in [6, 6.07) is 9.80. The van der Waals surface area contributed by atoms with Crippen LogP contribution in [0.25, 0.3) is 11.3 Å². The van der Waals surface area contributed by atoms with Crippen LogP contribution in [0.4, 0.5) is 8.78 Å². The Balaban J connectivity index is 1.77. The number of halogens is 2. The predicted octanol–water partition coefficient (Wildman–Crippen LogP) is 3.61. The molecule has 0 fully saturated rings. The molecule has 1 heterocycles. The number of oxazole rings is 1. The molecule has 1 N–H and O–H groups in total. The second-order valence-corrected chi connectivity index (χ2v) is 5.14. The number of carbonyl (C=O) groups is 1. The van der Waals surface area contributed by atoms with Crippen LogP contribution < -0.4 is 5.32 Å². The number of amides is 1. The van der Waals surface area contributed by atoms with Crippen LogP contribution in [-0.2, 0) is 0 Å². The first-order chi connectivity index (χ1) is 12.1. The zero-order valence-corrected chi connectivity index (χ0v) is 12.7. The van der Waals surface area contributed by atoms with E-state index >= 15 is 0 Å². The van der Waals surface area contributed by atoms with Crippen LogP contribution in [0.15, 0.2) is 59.5 Å². The molecule has 0 saturated carbocycles. The van der Waals surface area contributed by atoms with Gasteiger partial charge < -0.3 is 9.73 Å². The van der Waals surface area contributed by atoms with Crippen LogP contribution in [0, 0.1) is 23.0 Å². The summed E-state index contributed by atoms with van der Waals surface area (Å²) >= 11 is 0. The van der Waals surface area contributed by atoms with Crippen LogP contribution in [0.3, 0.4) is 0 Å². The number of nitrogens with one attached hydrogen (secondary N) is 1. The van der Waals surface area contributed by atoms with Crippen LogP contribution >= 0.6 is 0 Å². The number of nitrogens with zero attached hydrogens (tertiary/aromatic N) is 2. The molecule has 124 valence electrons. The van der Waals surface area contributed by atoms with E-state index in [9.17, 15) is 18.8 Å². The van der Waals surface area contributed by atoms with Crippen molar-refractivity contribution in [3.8, 4) is 17.4 Å². The Morgan fingerprint density at radius 1 is 1.20 bits per heavy atom. The summed E-state index contributed by atoms with van der Waals surface area (Å²) in [5, 5.41) is 11.6. The normalized spacial score (nSPS) is 11.6. The lowest BCUT2D eigenvalue weighted by atomic mass is 10.1. The minimum absolute atomic E-state index is 0.101. The zero-order chi connectivity index (χ0) is 17.8. The van der Waals surface area contributed by atoms with Gasteiger partial charge in [-0.05, 0) is 18.2 Å². The minimum atomic E-state index is -1.23. The number of hydrogen-bond donors (Lipinski definition) is 1. The first-order valence-electron chi connectivity index (χ1n) is 7.23. The molecule has 0 aliphatic carbocycles. The number of aromatic nitrogens is 1. The molecule has 25 heavy (non-hydrogen) atoms. The van der Waals surface area contributed by atoms with Gasteiger partial charge in [-0.2, -0.15) is 5.26 Å². The smallest absolute Gasteiger partial charge is 0.252 e. The number of nitriles is 1. The van der Waals surface area contributed by atoms with Crippen molar-refractivity contribution < 1.29 is 18.0 Å². The molecule has 5 nitrogen and oxygen atoms in total. The highest BCUT2D eigenvalue weighted by molar-refractivity contribution is 5.95. The van der Waals surface area contributed by atoms with Crippen LogP contribution in [0.5, 0.6) is 0 Å². The Morgan fingerprint density at radius 2 is 1.96 bits per heavy atom. The Bertz CT molecular complexity index is 932. The molecule has 0 aliphatic heterocycles. The fourth-order valence-corrected chi connectivity index (χ4v) is 2.27. The third kappa shape index (κ3) is 3.53. The van der Waals surface area contributed by atoms with E-state index in [1.165, 1.54) is 12.6 Å². The first-order valence-corrected chi connectivity index (χ1v) is 7.23. The largest absolute Gasteiger partial charge is 0.444 e. The second-order valence-electron chi connectivity index (χ2n) is 5.14. The molecule has 3 rings (SSSR count). The molecule has 0 aliphatic rings. The molecule has 0 radical (unpaired) electrons. The van der Waals surface area contributed by atoms with Gasteiger partial charge in [0.2, 0.25) is 0 Å². The third-order valence-corrected chi connectivity index (χ3v) is 3.54. The monoisotopic (exact) mass is 339 g/mol. The van der Waals surface area contributed by atoms with Crippen molar-refractivity contribution >= 4 is 5.91 Å². The maximum absolute atomic E-state index is 13.8. The van der Waals surface area contributed by atoms with Crippen molar-refractivity contribution in [1.29, 1.82) is 5.26 Å². The Kier molecular flexibility index (Phi) is 4.53. The van der Waals surface area contributed by atoms with E-state index in [4.69, 9.17) is 4.42 Å². The van der Waals surface area contributed by atoms with Gasteiger partial charge in [-0.25, -0.2) is 13.8 Å². The molecule has 1 amide bonds. The molecule has 1 unspecified atom stereocenters. The molecular formula is C18H11F2N3O2. The molecule has 1 atom stereocenters. The maximum atomic E-state index is 13.8. The Hall–Kier alpha value is -3.53. The lowest BCUT2D eigenvalue weighted by Crippen LogP contribution is -2.28. The quantitative estimate of drug-likeness (QED) is 0.787. The lowest BCUT2D eigenvalue weighted by molar-refractivity contribution is 0.0944. The van der Waals surface area contributed by atoms with Crippen molar-refractivity contribution in [1.82, 2.24) is 10.3 Å². The highest BCUT2D eigenvalue weighted by Gasteiger charge is 2.19. The van der Waals surface area contributed by atoms with Crippen LogP contribution in [-0.4, -0.2) is 10.9 Å². The summed E-state index contributed by atoms with van der Waals surface area (Å²) in [6.07, 6.45) is 2.84. The SMILES string of the molecule is N#CC(NC(=O)c1ccc(-c2cnco2)cc1)c1ccc(F)cc1F. The van der Waals surface area contributed by atoms with Crippen molar-refractivity contribution in [3.63, 3.8) is 0 Å². The summed E-state index contributed by atoms with van der Waals surface area (Å²) in [5.41, 5.74) is 0.914. The highest BCUT2D eigenvalue weighted by atomic mass is 19.1. The molecule has 1 aromatic heterocycles. The molecule has 3 aromatic rings. The number of carbonyl (C=O) groups excluding carboxylic acids is 1. The summed E-state index contributed by atoms with van der Waals surface area (Å²) in [6.45, 7) is 0. The first kappa shape index (κ1) is 16.3. The van der Waals surface area contributed by atoms with Gasteiger partial charge in [0, 0.05) is 22.8 Å². The maximum Gasteiger partial charge on any atom is 0.252 e. The fourth-order valence-electron chi connectivity index (χ4n) is 2.27. The van der Waals surface area contributed by atoms with E-state index in [2.05, 4.69) is 10.3 Å². The standard InChI is InChI=1S/C18H11F2N3O2/c19-13-5-6-14(15(20)7-13)16(8-21)23-18(24)12-3-1-11(2-4-12)17-9-22-10-25-17/h1-7,9-10,16H,(H,23,24). The van der Waals surface area contributed by atoms with Gasteiger partial charge in [-0.15, -0.1) is 0 Å². The van der Waals surface area contributed by atoms with Gasteiger partial charge in [0.25, 0.3) is 5.91 Å². The molecular weight excluding hydrogens is 328 g/mol. The topological polar surface area (TPSA) is 78.9 Å². The Morgan fingerprint density at radius 3 is 2.56 bits per heavy atom. The van der Waals surface area contributed by atoms with Crippen LogP contribution in [0.2, 0.25) is 0 Å². The van der Waals surface area contributed by atoms with Gasteiger partial charge in [0.05, 0.1) is 12.3 Å². The van der Waals surface area contributed by atoms with Gasteiger partial charge in [0.15, 0.2) is 12.2 Å². The third-order valence-electron chi connectivity index (χ3n) is 3.54. The van der Waals surface area contributed by atoms with E-state index in [1.54, 1.807) is 30.3 Å². The summed E-state index contributed by atoms with van der Waals surface area (Å²) < 4.78 is 31.9. The zero-order valence-electron chi connectivity index (χ0n) is 12.7. The number of rotatable bonds is 4. The van der Waals surface area contributed by atoms with Gasteiger partial charge in [0.1, 0.15) is 17.7 Å². The minimum Gasteiger partial charge on any atom is -0.444 e.